The zero-order chi connectivity index (χ0) is 29.3. The van der Waals surface area contributed by atoms with Crippen molar-refractivity contribution in [2.45, 2.75) is 91.6 Å². The Balaban J connectivity index is 2.34. The van der Waals surface area contributed by atoms with Gasteiger partial charge in [0, 0.05) is 6.42 Å². The average molecular weight is 549 g/mol. The van der Waals surface area contributed by atoms with E-state index >= 15 is 0 Å². The number of hydrogen-bond acceptors (Lipinski definition) is 9. The van der Waals surface area contributed by atoms with Gasteiger partial charge in [0.05, 0.1) is 17.2 Å². The molecule has 0 spiro atoms. The summed E-state index contributed by atoms with van der Waals surface area (Å²) in [6.07, 6.45) is -1.15. The number of carbonyl (C=O) groups is 5. The number of esters is 3. The third kappa shape index (κ3) is 8.97. The Kier molecular flexibility index (Phi) is 11.7. The van der Waals surface area contributed by atoms with E-state index in [0.29, 0.717) is 25.7 Å². The van der Waals surface area contributed by atoms with Crippen molar-refractivity contribution in [1.29, 1.82) is 0 Å². The number of amides is 2. The number of carbonyl (C=O) groups excluding carboxylic acids is 5. The first-order valence-electron chi connectivity index (χ1n) is 13.3. The van der Waals surface area contributed by atoms with E-state index in [1.54, 1.807) is 0 Å². The van der Waals surface area contributed by atoms with Crippen LogP contribution in [0.5, 0.6) is 5.75 Å². The molecule has 1 fully saturated rings. The normalized spacial score (nSPS) is 23.6. The number of anilines is 1. The van der Waals surface area contributed by atoms with Gasteiger partial charge in [-0.3, -0.25) is 19.2 Å². The Hall–Kier alpha value is -3.63. The quantitative estimate of drug-likeness (QED) is 0.163. The minimum Gasteiger partial charge on any atom is -0.505 e. The second kappa shape index (κ2) is 14.5. The molecule has 0 bridgehead atoms. The number of benzene rings is 1. The minimum atomic E-state index is -1.42. The van der Waals surface area contributed by atoms with Gasteiger partial charge in [-0.05, 0) is 50.7 Å². The monoisotopic (exact) mass is 548 g/mol. The lowest BCUT2D eigenvalue weighted by atomic mass is 9.90. The summed E-state index contributed by atoms with van der Waals surface area (Å²) in [5.41, 5.74) is -0.217. The number of rotatable bonds is 11. The predicted molar refractivity (Wildman–Crippen MR) is 142 cm³/mol. The van der Waals surface area contributed by atoms with Gasteiger partial charge in [0.25, 0.3) is 5.91 Å². The molecule has 216 valence electrons. The number of aromatic hydroxyl groups is 1. The number of phenols is 1. The fraction of sp³-hybridized carbons (Fsp3) is 0.607. The molecule has 1 aromatic rings. The van der Waals surface area contributed by atoms with Crippen molar-refractivity contribution in [3.8, 4) is 5.75 Å². The van der Waals surface area contributed by atoms with Gasteiger partial charge in [0.1, 0.15) is 12.2 Å². The summed E-state index contributed by atoms with van der Waals surface area (Å²) in [6, 6.07) is 2.70. The minimum absolute atomic E-state index is 0.00194. The first-order valence-corrected chi connectivity index (χ1v) is 13.3. The summed E-state index contributed by atoms with van der Waals surface area (Å²) in [7, 11) is 0. The van der Waals surface area contributed by atoms with Crippen LogP contribution in [-0.4, -0.2) is 59.7 Å². The van der Waals surface area contributed by atoms with Crippen molar-refractivity contribution in [2.75, 3.05) is 5.32 Å². The second-order valence-corrected chi connectivity index (χ2v) is 10.7. The van der Waals surface area contributed by atoms with Gasteiger partial charge in [-0.1, -0.05) is 40.2 Å². The molecule has 0 saturated carbocycles. The van der Waals surface area contributed by atoms with Crippen LogP contribution in [0, 0.1) is 17.8 Å². The summed E-state index contributed by atoms with van der Waals surface area (Å²) in [4.78, 5) is 63.0. The molecule has 0 aliphatic carbocycles. The zero-order valence-electron chi connectivity index (χ0n) is 23.4. The van der Waals surface area contributed by atoms with Gasteiger partial charge in [-0.2, -0.15) is 0 Å². The molecule has 11 heteroatoms. The maximum absolute atomic E-state index is 13.4. The summed E-state index contributed by atoms with van der Waals surface area (Å²) in [6.45, 7) is 10.9. The molecule has 1 aromatic carbocycles. The lowest BCUT2D eigenvalue weighted by molar-refractivity contribution is -0.175. The van der Waals surface area contributed by atoms with Crippen LogP contribution in [-0.2, 0) is 33.4 Å². The molecule has 0 radical (unpaired) electrons. The molecule has 2 rings (SSSR count). The lowest BCUT2D eigenvalue weighted by Gasteiger charge is -2.29. The Labute approximate surface area is 228 Å². The highest BCUT2D eigenvalue weighted by Crippen LogP contribution is 2.29. The van der Waals surface area contributed by atoms with E-state index in [2.05, 4.69) is 10.6 Å². The van der Waals surface area contributed by atoms with Gasteiger partial charge in [-0.15, -0.1) is 0 Å². The number of hydrogen-bond donors (Lipinski definition) is 3. The highest BCUT2D eigenvalue weighted by Gasteiger charge is 2.44. The van der Waals surface area contributed by atoms with Crippen LogP contribution in [0.3, 0.4) is 0 Å². The van der Waals surface area contributed by atoms with E-state index in [4.69, 9.17) is 14.2 Å². The van der Waals surface area contributed by atoms with Crippen molar-refractivity contribution < 1.29 is 43.3 Å². The number of nitrogens with one attached hydrogen (secondary N) is 2. The van der Waals surface area contributed by atoms with Crippen LogP contribution in [0.1, 0.15) is 77.6 Å². The molecule has 39 heavy (non-hydrogen) atoms. The molecular weight excluding hydrogens is 508 g/mol. The van der Waals surface area contributed by atoms with Crippen LogP contribution >= 0.6 is 0 Å². The third-order valence-corrected chi connectivity index (χ3v) is 6.52. The van der Waals surface area contributed by atoms with Crippen LogP contribution in [0.2, 0.25) is 0 Å². The van der Waals surface area contributed by atoms with E-state index < -0.39 is 59.8 Å². The van der Waals surface area contributed by atoms with E-state index in [0.717, 1.165) is 0 Å². The number of ether oxygens (including phenoxy) is 3. The van der Waals surface area contributed by atoms with Crippen molar-refractivity contribution in [1.82, 2.24) is 5.32 Å². The number of phenolic OH excluding ortho intramolecular Hbond substituents is 1. The second-order valence-electron chi connectivity index (χ2n) is 10.7. The third-order valence-electron chi connectivity index (χ3n) is 6.52. The van der Waals surface area contributed by atoms with Crippen LogP contribution in [0.4, 0.5) is 5.69 Å². The fourth-order valence-corrected chi connectivity index (χ4v) is 4.21. The van der Waals surface area contributed by atoms with Gasteiger partial charge in [-0.25, -0.2) is 4.79 Å². The summed E-state index contributed by atoms with van der Waals surface area (Å²) < 4.78 is 17.0. The van der Waals surface area contributed by atoms with Crippen LogP contribution < -0.4 is 10.6 Å². The largest absolute Gasteiger partial charge is 0.505 e. The Morgan fingerprint density at radius 1 is 1.03 bits per heavy atom. The maximum atomic E-state index is 13.4. The predicted octanol–water partition coefficient (Wildman–Crippen LogP) is 3.34. The summed E-state index contributed by atoms with van der Waals surface area (Å²) in [5.74, 6) is -3.79. The number of para-hydroxylation sites is 1. The highest BCUT2D eigenvalue weighted by atomic mass is 16.6. The molecular formula is C28H40N2O9. The highest BCUT2D eigenvalue weighted by molar-refractivity contribution is 6.01. The molecule has 1 aliphatic rings. The van der Waals surface area contributed by atoms with Crippen LogP contribution in [0.15, 0.2) is 18.2 Å². The zero-order valence-corrected chi connectivity index (χ0v) is 23.4. The molecule has 1 saturated heterocycles. The Morgan fingerprint density at radius 3 is 2.28 bits per heavy atom. The van der Waals surface area contributed by atoms with Crippen molar-refractivity contribution >= 4 is 35.9 Å². The van der Waals surface area contributed by atoms with Gasteiger partial charge in [0.15, 0.2) is 17.9 Å². The van der Waals surface area contributed by atoms with Crippen molar-refractivity contribution in [3.63, 3.8) is 0 Å². The molecule has 11 nitrogen and oxygen atoms in total. The lowest BCUT2D eigenvalue weighted by Crippen LogP contribution is -2.50. The summed E-state index contributed by atoms with van der Waals surface area (Å²) in [5, 5.41) is 15.1. The first-order chi connectivity index (χ1) is 18.3. The molecule has 1 heterocycles. The van der Waals surface area contributed by atoms with E-state index in [1.165, 1.54) is 32.0 Å². The molecule has 5 unspecified atom stereocenters. The molecule has 1 aliphatic heterocycles. The molecule has 3 N–H and O–H groups in total. The van der Waals surface area contributed by atoms with Gasteiger partial charge >= 0.3 is 17.9 Å². The summed E-state index contributed by atoms with van der Waals surface area (Å²) >= 11 is 0. The van der Waals surface area contributed by atoms with E-state index in [9.17, 15) is 29.1 Å². The first kappa shape index (κ1) is 31.6. The molecule has 0 aromatic heterocycles. The van der Waals surface area contributed by atoms with Crippen LogP contribution in [0.25, 0.3) is 0 Å². The average Bonchev–Trinajstić information content (AvgIpc) is 2.88. The number of cyclic esters (lactones) is 2. The molecule has 2 amide bonds. The standard InChI is InChI=1S/C28H40N2O9/c1-15(2)10-12-20-25(39-22(32)13-11-16(3)4)18(6)38-28(36)23(17(5)37-27(20)35)30-26(34)19-8-7-9-21(24(19)33)29-14-31/h7-9,14-18,20,23,25,33H,10-13H2,1-6H3,(H,29,31)(H,30,34). The van der Waals surface area contributed by atoms with Gasteiger partial charge in [0.2, 0.25) is 6.41 Å². The molecule has 5 atom stereocenters. The van der Waals surface area contributed by atoms with Gasteiger partial charge < -0.3 is 30.0 Å². The SMILES string of the molecule is CC(C)CCC(=O)OC1C(C)OC(=O)C(NC(=O)c2cccc(NC=O)c2O)C(C)OC(=O)C1CCC(C)C. The van der Waals surface area contributed by atoms with E-state index in [-0.39, 0.29) is 29.5 Å². The Morgan fingerprint density at radius 2 is 1.67 bits per heavy atom. The Bertz CT molecular complexity index is 1040. The fourth-order valence-electron chi connectivity index (χ4n) is 4.21. The smallest absolute Gasteiger partial charge is 0.332 e. The topological polar surface area (TPSA) is 157 Å². The van der Waals surface area contributed by atoms with E-state index in [1.807, 2.05) is 27.7 Å². The van der Waals surface area contributed by atoms with Crippen molar-refractivity contribution in [3.05, 3.63) is 23.8 Å². The maximum Gasteiger partial charge on any atom is 0.332 e. The van der Waals surface area contributed by atoms with Crippen molar-refractivity contribution in [2.24, 2.45) is 17.8 Å².